The third-order valence-corrected chi connectivity index (χ3v) is 6.58. The molecule has 0 aliphatic rings. The summed E-state index contributed by atoms with van der Waals surface area (Å²) in [7, 11) is 9.73. The number of methoxy groups -OCH3 is 1. The number of benzene rings is 2. The van der Waals surface area contributed by atoms with Crippen molar-refractivity contribution in [2.24, 2.45) is 13.0 Å². The number of carbonyl (C=O) groups excluding carboxylic acids is 1. The smallest absolute Gasteiger partial charge is 0.248 e. The lowest BCUT2D eigenvalue weighted by Crippen LogP contribution is -2.29. The van der Waals surface area contributed by atoms with Gasteiger partial charge in [0.05, 0.1) is 29.9 Å². The number of aromatic nitrogens is 3. The zero-order valence-corrected chi connectivity index (χ0v) is 24.4. The summed E-state index contributed by atoms with van der Waals surface area (Å²) in [6, 6.07) is 13.9. The largest absolute Gasteiger partial charge is 0.494 e. The lowest BCUT2D eigenvalue weighted by atomic mass is 10.1. The standard InChI is InChI=1S/C31H39N7O2/c1-21(2)12-13-30(39)33-25-18-26(29(40-7)19-28(25)37(5)17-16-36(3)4)35-31-32-15-14-24(34-31)23-20-38(6)27-11-9-8-10-22(23)27/h8-15,18-21H,16-17H2,1-7H3,(H,33,39)(H,32,34,35)/b13-12-. The Labute approximate surface area is 236 Å². The number of carbonyl (C=O) groups is 1. The molecule has 40 heavy (non-hydrogen) atoms. The first-order valence-corrected chi connectivity index (χ1v) is 13.4. The molecule has 2 aromatic carbocycles. The Hall–Kier alpha value is -4.37. The Morgan fingerprint density at radius 3 is 2.60 bits per heavy atom. The van der Waals surface area contributed by atoms with Gasteiger partial charge in [-0.1, -0.05) is 38.1 Å². The zero-order chi connectivity index (χ0) is 28.8. The number of amides is 1. The second-order valence-electron chi connectivity index (χ2n) is 10.4. The van der Waals surface area contributed by atoms with Crippen LogP contribution in [0.3, 0.4) is 0 Å². The van der Waals surface area contributed by atoms with Crippen molar-refractivity contribution >= 4 is 39.8 Å². The van der Waals surface area contributed by atoms with Crippen molar-refractivity contribution < 1.29 is 9.53 Å². The topological polar surface area (TPSA) is 87.5 Å². The van der Waals surface area contributed by atoms with Crippen LogP contribution >= 0.6 is 0 Å². The number of hydrogen-bond donors (Lipinski definition) is 2. The first-order chi connectivity index (χ1) is 19.2. The van der Waals surface area contributed by atoms with Gasteiger partial charge in [-0.15, -0.1) is 0 Å². The predicted molar refractivity (Wildman–Crippen MR) is 165 cm³/mol. The predicted octanol–water partition coefficient (Wildman–Crippen LogP) is 5.54. The zero-order valence-electron chi connectivity index (χ0n) is 24.4. The fraction of sp³-hybridized carbons (Fsp3) is 0.323. The second kappa shape index (κ2) is 12.7. The summed E-state index contributed by atoms with van der Waals surface area (Å²) in [5.41, 5.74) is 5.12. The fourth-order valence-electron chi connectivity index (χ4n) is 4.41. The molecule has 2 heterocycles. The minimum atomic E-state index is -0.193. The molecule has 0 aliphatic carbocycles. The van der Waals surface area contributed by atoms with E-state index in [1.54, 1.807) is 19.4 Å². The fourth-order valence-corrected chi connectivity index (χ4v) is 4.41. The second-order valence-corrected chi connectivity index (χ2v) is 10.4. The Morgan fingerprint density at radius 2 is 1.88 bits per heavy atom. The molecular weight excluding hydrogens is 502 g/mol. The SMILES string of the molecule is COc1cc(N(C)CCN(C)C)c(NC(=O)/C=C\C(C)C)cc1Nc1nccc(-c2cn(C)c3ccccc23)n1. The average molecular weight is 542 g/mol. The molecule has 2 N–H and O–H groups in total. The van der Waals surface area contributed by atoms with Gasteiger partial charge in [0, 0.05) is 62.1 Å². The molecule has 2 aromatic heterocycles. The van der Waals surface area contributed by atoms with Crippen molar-refractivity contribution in [2.75, 3.05) is 56.9 Å². The van der Waals surface area contributed by atoms with Gasteiger partial charge in [0.2, 0.25) is 11.9 Å². The van der Waals surface area contributed by atoms with Crippen molar-refractivity contribution in [3.8, 4) is 17.0 Å². The molecule has 0 fully saturated rings. The number of para-hydroxylation sites is 1. The van der Waals surface area contributed by atoms with Crippen molar-refractivity contribution in [1.29, 1.82) is 0 Å². The lowest BCUT2D eigenvalue weighted by molar-refractivity contribution is -0.111. The van der Waals surface area contributed by atoms with Crippen molar-refractivity contribution in [3.63, 3.8) is 0 Å². The quantitative estimate of drug-likeness (QED) is 0.241. The third-order valence-electron chi connectivity index (χ3n) is 6.58. The van der Waals surface area contributed by atoms with Crippen LogP contribution in [0.25, 0.3) is 22.2 Å². The first kappa shape index (κ1) is 28.6. The van der Waals surface area contributed by atoms with Crippen LogP contribution < -0.4 is 20.3 Å². The molecule has 0 aliphatic heterocycles. The van der Waals surface area contributed by atoms with Crippen LogP contribution in [0.15, 0.2) is 67.0 Å². The number of allylic oxidation sites excluding steroid dienone is 1. The number of likely N-dealkylation sites (N-methyl/N-ethyl adjacent to an activating group) is 2. The molecule has 0 saturated carbocycles. The number of rotatable bonds is 11. The van der Waals surface area contributed by atoms with Gasteiger partial charge < -0.3 is 29.7 Å². The number of hydrogen-bond acceptors (Lipinski definition) is 7. The summed E-state index contributed by atoms with van der Waals surface area (Å²) in [6.45, 7) is 5.69. The van der Waals surface area contributed by atoms with Crippen molar-refractivity contribution in [1.82, 2.24) is 19.4 Å². The molecule has 9 heteroatoms. The summed E-state index contributed by atoms with van der Waals surface area (Å²) in [6.07, 6.45) is 7.26. The van der Waals surface area contributed by atoms with Gasteiger partial charge in [-0.2, -0.15) is 0 Å². The molecule has 9 nitrogen and oxygen atoms in total. The van der Waals surface area contributed by atoms with Crippen LogP contribution in [0.4, 0.5) is 23.0 Å². The van der Waals surface area contributed by atoms with Crippen LogP contribution in [0.1, 0.15) is 13.8 Å². The van der Waals surface area contributed by atoms with Gasteiger partial charge in [0.1, 0.15) is 5.75 Å². The molecule has 4 rings (SSSR count). The van der Waals surface area contributed by atoms with E-state index in [0.717, 1.165) is 40.9 Å². The van der Waals surface area contributed by atoms with Crippen LogP contribution in [0, 0.1) is 5.92 Å². The van der Waals surface area contributed by atoms with E-state index in [2.05, 4.69) is 48.3 Å². The number of aryl methyl sites for hydroxylation is 1. The Balaban J connectivity index is 1.70. The Bertz CT molecular complexity index is 1510. The van der Waals surface area contributed by atoms with Gasteiger partial charge in [-0.25, -0.2) is 9.97 Å². The molecular formula is C31H39N7O2. The van der Waals surface area contributed by atoms with Crippen molar-refractivity contribution in [3.05, 3.63) is 67.0 Å². The van der Waals surface area contributed by atoms with E-state index in [-0.39, 0.29) is 11.8 Å². The molecule has 0 unspecified atom stereocenters. The van der Waals surface area contributed by atoms with Crippen molar-refractivity contribution in [2.45, 2.75) is 13.8 Å². The highest BCUT2D eigenvalue weighted by Gasteiger charge is 2.17. The molecule has 0 saturated heterocycles. The summed E-state index contributed by atoms with van der Waals surface area (Å²) < 4.78 is 7.86. The minimum absolute atomic E-state index is 0.193. The molecule has 0 spiro atoms. The number of nitrogens with one attached hydrogen (secondary N) is 2. The average Bonchev–Trinajstić information content (AvgIpc) is 3.27. The molecule has 1 amide bonds. The van der Waals surface area contributed by atoms with E-state index in [9.17, 15) is 4.79 Å². The van der Waals surface area contributed by atoms with Gasteiger partial charge in [-0.3, -0.25) is 4.79 Å². The molecule has 0 atom stereocenters. The van der Waals surface area contributed by atoms with E-state index in [1.807, 2.05) is 78.4 Å². The van der Waals surface area contributed by atoms with Crippen LogP contribution in [0.5, 0.6) is 5.75 Å². The van der Waals surface area contributed by atoms with E-state index in [4.69, 9.17) is 9.72 Å². The number of anilines is 4. The van der Waals surface area contributed by atoms with Gasteiger partial charge in [0.15, 0.2) is 0 Å². The van der Waals surface area contributed by atoms with Crippen LogP contribution in [-0.2, 0) is 11.8 Å². The summed E-state index contributed by atoms with van der Waals surface area (Å²) >= 11 is 0. The van der Waals surface area contributed by atoms with Gasteiger partial charge in [-0.05, 0) is 44.3 Å². The minimum Gasteiger partial charge on any atom is -0.494 e. The summed E-state index contributed by atoms with van der Waals surface area (Å²) in [4.78, 5) is 26.3. The summed E-state index contributed by atoms with van der Waals surface area (Å²) in [5, 5.41) is 7.49. The molecule has 4 aromatic rings. The highest BCUT2D eigenvalue weighted by atomic mass is 16.5. The highest BCUT2D eigenvalue weighted by molar-refractivity contribution is 6.02. The van der Waals surface area contributed by atoms with E-state index in [0.29, 0.717) is 23.1 Å². The number of nitrogens with zero attached hydrogens (tertiary/aromatic N) is 5. The molecule has 210 valence electrons. The Morgan fingerprint density at radius 1 is 1.10 bits per heavy atom. The molecule has 0 bridgehead atoms. The normalized spacial score (nSPS) is 11.5. The molecule has 0 radical (unpaired) electrons. The maximum Gasteiger partial charge on any atom is 0.248 e. The van der Waals surface area contributed by atoms with Gasteiger partial charge in [0.25, 0.3) is 0 Å². The monoisotopic (exact) mass is 541 g/mol. The summed E-state index contributed by atoms with van der Waals surface area (Å²) in [5.74, 6) is 1.12. The van der Waals surface area contributed by atoms with Crippen LogP contribution in [-0.4, -0.2) is 66.7 Å². The maximum atomic E-state index is 12.8. The van der Waals surface area contributed by atoms with E-state index >= 15 is 0 Å². The Kier molecular flexibility index (Phi) is 9.06. The maximum absolute atomic E-state index is 12.8. The van der Waals surface area contributed by atoms with E-state index < -0.39 is 0 Å². The van der Waals surface area contributed by atoms with Crippen LogP contribution in [0.2, 0.25) is 0 Å². The number of fused-ring (bicyclic) bond motifs is 1. The van der Waals surface area contributed by atoms with Gasteiger partial charge >= 0.3 is 0 Å². The number of ether oxygens (including phenoxy) is 1. The lowest BCUT2D eigenvalue weighted by Gasteiger charge is -2.26. The van der Waals surface area contributed by atoms with E-state index in [1.165, 1.54) is 0 Å². The highest BCUT2D eigenvalue weighted by Crippen LogP contribution is 2.38. The third kappa shape index (κ3) is 6.79. The first-order valence-electron chi connectivity index (χ1n) is 13.4.